The van der Waals surface area contributed by atoms with Crippen molar-refractivity contribution in [2.24, 2.45) is 5.73 Å². The maximum Gasteiger partial charge on any atom is 0.302 e. The van der Waals surface area contributed by atoms with Gasteiger partial charge < -0.3 is 31.5 Å². The number of ether oxygens (including phenoxy) is 1. The van der Waals surface area contributed by atoms with Crippen LogP contribution in [-0.2, 0) is 4.74 Å². The van der Waals surface area contributed by atoms with Gasteiger partial charge in [0.1, 0.15) is 18.3 Å². The van der Waals surface area contributed by atoms with Crippen molar-refractivity contribution < 1.29 is 20.1 Å². The van der Waals surface area contributed by atoms with E-state index in [2.05, 4.69) is 9.97 Å². The van der Waals surface area contributed by atoms with Crippen molar-refractivity contribution in [2.75, 3.05) is 18.9 Å². The number of rotatable bonds is 4. The monoisotopic (exact) mass is 340 g/mol. The van der Waals surface area contributed by atoms with Gasteiger partial charge in [-0.05, 0) is 6.92 Å². The Balaban J connectivity index is 2.21. The summed E-state index contributed by atoms with van der Waals surface area (Å²) in [5.41, 5.74) is 11.3. The highest BCUT2D eigenvalue weighted by Gasteiger charge is 2.44. The minimum Gasteiger partial charge on any atom is -0.394 e. The standard InChI is InChI=1S/C13H20N6O5/c1-5(2-14)19-11-7(10(23)17-13(19)15)16-4-18(11)12-9(22)8(21)6(3-20)24-12/h4-6,8-9,12,20-22H,2-3,14H2,1H3,(H2,15,17,23). The lowest BCUT2D eigenvalue weighted by Gasteiger charge is -2.22. The number of aliphatic hydroxyl groups is 3. The van der Waals surface area contributed by atoms with E-state index in [1.54, 1.807) is 6.92 Å². The van der Waals surface area contributed by atoms with Crippen molar-refractivity contribution in [2.45, 2.75) is 37.5 Å². The fourth-order valence-corrected chi connectivity index (χ4v) is 2.90. The number of nitrogens with two attached hydrogens (primary N) is 2. The van der Waals surface area contributed by atoms with Crippen molar-refractivity contribution >= 4 is 17.1 Å². The second kappa shape index (κ2) is 6.11. The summed E-state index contributed by atoms with van der Waals surface area (Å²) in [6.45, 7) is 1.55. The van der Waals surface area contributed by atoms with Crippen LogP contribution in [0.5, 0.6) is 0 Å². The molecule has 0 spiro atoms. The Morgan fingerprint density at radius 1 is 1.42 bits per heavy atom. The Kier molecular flexibility index (Phi) is 4.27. The van der Waals surface area contributed by atoms with Gasteiger partial charge in [-0.2, -0.15) is 4.98 Å². The molecule has 0 bridgehead atoms. The van der Waals surface area contributed by atoms with E-state index in [-0.39, 0.29) is 29.7 Å². The number of aliphatic hydroxyl groups excluding tert-OH is 3. The fraction of sp³-hybridized carbons (Fsp3) is 0.615. The molecule has 3 heterocycles. The molecule has 1 aliphatic rings. The van der Waals surface area contributed by atoms with E-state index >= 15 is 0 Å². The molecule has 11 heteroatoms. The summed E-state index contributed by atoms with van der Waals surface area (Å²) in [4.78, 5) is 19.8. The van der Waals surface area contributed by atoms with Gasteiger partial charge in [0, 0.05) is 12.6 Å². The van der Waals surface area contributed by atoms with E-state index < -0.39 is 36.7 Å². The normalized spacial score (nSPS) is 28.5. The van der Waals surface area contributed by atoms with Crippen LogP contribution in [0.3, 0.4) is 0 Å². The van der Waals surface area contributed by atoms with Crippen molar-refractivity contribution in [3.63, 3.8) is 0 Å². The van der Waals surface area contributed by atoms with Crippen LogP contribution in [0.25, 0.3) is 11.2 Å². The summed E-state index contributed by atoms with van der Waals surface area (Å²) in [6.07, 6.45) is -3.28. The minimum atomic E-state index is -1.31. The molecule has 0 aromatic carbocycles. The van der Waals surface area contributed by atoms with Gasteiger partial charge in [-0.3, -0.25) is 13.9 Å². The first-order valence-corrected chi connectivity index (χ1v) is 7.47. The highest BCUT2D eigenvalue weighted by Crippen LogP contribution is 2.32. The molecule has 3 rings (SSSR count). The van der Waals surface area contributed by atoms with Crippen molar-refractivity contribution in [3.05, 3.63) is 16.7 Å². The Morgan fingerprint density at radius 3 is 2.71 bits per heavy atom. The van der Waals surface area contributed by atoms with Crippen LogP contribution in [0.1, 0.15) is 19.2 Å². The van der Waals surface area contributed by atoms with Crippen LogP contribution in [0.2, 0.25) is 0 Å². The number of aromatic nitrogens is 4. The zero-order valence-electron chi connectivity index (χ0n) is 13.0. The van der Waals surface area contributed by atoms with Gasteiger partial charge in [-0.1, -0.05) is 0 Å². The molecular formula is C13H20N6O5. The molecule has 0 saturated carbocycles. The van der Waals surface area contributed by atoms with E-state index in [0.717, 1.165) is 0 Å². The van der Waals surface area contributed by atoms with Gasteiger partial charge in [0.15, 0.2) is 17.4 Å². The SMILES string of the molecule is CC(CN)n1c(N)nc(=O)c2ncn(C3OC(CO)C(O)C3O)c21. The predicted molar refractivity (Wildman–Crippen MR) is 83.0 cm³/mol. The molecule has 11 nitrogen and oxygen atoms in total. The molecular weight excluding hydrogens is 320 g/mol. The molecule has 7 N–H and O–H groups in total. The van der Waals surface area contributed by atoms with Crippen molar-refractivity contribution in [1.82, 2.24) is 19.1 Å². The summed E-state index contributed by atoms with van der Waals surface area (Å²) in [5.74, 6) is -0.0426. The zero-order valence-corrected chi connectivity index (χ0v) is 13.0. The number of fused-ring (bicyclic) bond motifs is 1. The highest BCUT2D eigenvalue weighted by molar-refractivity contribution is 5.72. The number of anilines is 1. The van der Waals surface area contributed by atoms with E-state index in [1.165, 1.54) is 15.5 Å². The van der Waals surface area contributed by atoms with E-state index in [1.807, 2.05) is 0 Å². The maximum atomic E-state index is 12.1. The van der Waals surface area contributed by atoms with Crippen LogP contribution < -0.4 is 17.0 Å². The molecule has 24 heavy (non-hydrogen) atoms. The summed E-state index contributed by atoms with van der Waals surface area (Å²) >= 11 is 0. The number of nitrogens with zero attached hydrogens (tertiary/aromatic N) is 4. The molecule has 132 valence electrons. The van der Waals surface area contributed by atoms with Crippen LogP contribution in [0.15, 0.2) is 11.1 Å². The molecule has 1 aliphatic heterocycles. The Bertz CT molecular complexity index is 804. The maximum absolute atomic E-state index is 12.1. The van der Waals surface area contributed by atoms with Crippen molar-refractivity contribution in [3.8, 4) is 0 Å². The third-order valence-electron chi connectivity index (χ3n) is 4.23. The lowest BCUT2D eigenvalue weighted by molar-refractivity contribution is -0.0513. The van der Waals surface area contributed by atoms with Crippen LogP contribution in [0, 0.1) is 0 Å². The molecule has 0 amide bonds. The number of nitrogen functional groups attached to an aromatic ring is 1. The number of imidazole rings is 1. The summed E-state index contributed by atoms with van der Waals surface area (Å²) < 4.78 is 8.42. The van der Waals surface area contributed by atoms with E-state index in [9.17, 15) is 20.1 Å². The van der Waals surface area contributed by atoms with Gasteiger partial charge in [-0.15, -0.1) is 0 Å². The van der Waals surface area contributed by atoms with Gasteiger partial charge in [0.2, 0.25) is 5.95 Å². The average molecular weight is 340 g/mol. The minimum absolute atomic E-state index is 0.0426. The molecule has 2 aromatic heterocycles. The lowest BCUT2D eigenvalue weighted by Crippen LogP contribution is -2.33. The van der Waals surface area contributed by atoms with Crippen molar-refractivity contribution in [1.29, 1.82) is 0 Å². The summed E-state index contributed by atoms with van der Waals surface area (Å²) in [6, 6.07) is -0.298. The molecule has 5 atom stereocenters. The van der Waals surface area contributed by atoms with Gasteiger partial charge in [0.25, 0.3) is 0 Å². The molecule has 5 unspecified atom stereocenters. The smallest absolute Gasteiger partial charge is 0.302 e. The third-order valence-corrected chi connectivity index (χ3v) is 4.23. The van der Waals surface area contributed by atoms with Gasteiger partial charge in [0.05, 0.1) is 12.9 Å². The molecule has 2 aromatic rings. The Hall–Kier alpha value is -2.05. The van der Waals surface area contributed by atoms with Gasteiger partial charge >= 0.3 is 5.56 Å². The first-order chi connectivity index (χ1) is 11.4. The van der Waals surface area contributed by atoms with Crippen LogP contribution in [0.4, 0.5) is 5.95 Å². The lowest BCUT2D eigenvalue weighted by atomic mass is 10.1. The average Bonchev–Trinajstić information content (AvgIpc) is 3.10. The second-order valence-electron chi connectivity index (χ2n) is 5.78. The fourth-order valence-electron chi connectivity index (χ4n) is 2.90. The Morgan fingerprint density at radius 2 is 2.12 bits per heavy atom. The number of hydrogen-bond acceptors (Lipinski definition) is 9. The van der Waals surface area contributed by atoms with Gasteiger partial charge in [-0.25, -0.2) is 4.98 Å². The van der Waals surface area contributed by atoms with Crippen LogP contribution >= 0.6 is 0 Å². The molecule has 0 radical (unpaired) electrons. The zero-order chi connectivity index (χ0) is 17.6. The predicted octanol–water partition coefficient (Wildman–Crippen LogP) is -2.69. The topological polar surface area (TPSA) is 175 Å². The largest absolute Gasteiger partial charge is 0.394 e. The highest BCUT2D eigenvalue weighted by atomic mass is 16.6. The second-order valence-corrected chi connectivity index (χ2v) is 5.78. The first-order valence-electron chi connectivity index (χ1n) is 7.47. The summed E-state index contributed by atoms with van der Waals surface area (Å²) in [7, 11) is 0. The number of hydrogen-bond donors (Lipinski definition) is 5. The van der Waals surface area contributed by atoms with E-state index in [4.69, 9.17) is 16.2 Å². The Labute approximate surface area is 136 Å². The third kappa shape index (κ3) is 2.37. The molecule has 0 aliphatic carbocycles. The summed E-state index contributed by atoms with van der Waals surface area (Å²) in [5, 5.41) is 29.4. The van der Waals surface area contributed by atoms with Crippen LogP contribution in [-0.4, -0.2) is 65.9 Å². The first kappa shape index (κ1) is 16.8. The molecule has 1 fully saturated rings. The quantitative estimate of drug-likeness (QED) is 0.397. The van der Waals surface area contributed by atoms with E-state index in [0.29, 0.717) is 0 Å². The molecule has 1 saturated heterocycles.